The number of nitrogens with one attached hydrogen (secondary N) is 1. The van der Waals surface area contributed by atoms with Crippen LogP contribution in [-0.2, 0) is 0 Å². The lowest BCUT2D eigenvalue weighted by molar-refractivity contribution is 0.207. The van der Waals surface area contributed by atoms with Gasteiger partial charge in [-0.15, -0.1) is 13.2 Å². The van der Waals surface area contributed by atoms with Crippen LogP contribution in [0.3, 0.4) is 0 Å². The van der Waals surface area contributed by atoms with E-state index in [1.807, 2.05) is 12.1 Å². The van der Waals surface area contributed by atoms with Crippen LogP contribution in [0.5, 0.6) is 0 Å². The van der Waals surface area contributed by atoms with Crippen LogP contribution in [0.15, 0.2) is 98.7 Å². The van der Waals surface area contributed by atoms with E-state index in [4.69, 9.17) is 0 Å². The van der Waals surface area contributed by atoms with Crippen molar-refractivity contribution in [2.45, 2.75) is 44.6 Å². The largest absolute Gasteiger partial charge is 0.370 e. The predicted molar refractivity (Wildman–Crippen MR) is 158 cm³/mol. The highest BCUT2D eigenvalue weighted by Gasteiger charge is 2.24. The molecule has 0 aromatic heterocycles. The Morgan fingerprint density at radius 2 is 1.57 bits per heavy atom. The number of halogens is 1. The van der Waals surface area contributed by atoms with Crippen LogP contribution in [0.2, 0.25) is 0 Å². The molecule has 4 heteroatoms. The van der Waals surface area contributed by atoms with Gasteiger partial charge in [-0.3, -0.25) is 0 Å². The molecule has 4 rings (SSSR count). The minimum absolute atomic E-state index is 0.174. The molecule has 0 aliphatic carbocycles. The van der Waals surface area contributed by atoms with Crippen LogP contribution in [-0.4, -0.2) is 37.6 Å². The van der Waals surface area contributed by atoms with Gasteiger partial charge in [0, 0.05) is 32.1 Å². The van der Waals surface area contributed by atoms with Gasteiger partial charge in [-0.05, 0) is 80.7 Å². The maximum Gasteiger partial charge on any atom is 0.123 e. The number of hydrogen-bond acceptors (Lipinski definition) is 3. The van der Waals surface area contributed by atoms with Gasteiger partial charge in [0.05, 0.1) is 11.4 Å². The Morgan fingerprint density at radius 3 is 2.19 bits per heavy atom. The van der Waals surface area contributed by atoms with Crippen molar-refractivity contribution in [2.75, 3.05) is 36.9 Å². The first-order valence-corrected chi connectivity index (χ1v) is 13.3. The molecule has 1 aliphatic rings. The average Bonchev–Trinajstić information content (AvgIpc) is 2.94. The molecule has 1 saturated heterocycles. The summed E-state index contributed by atoms with van der Waals surface area (Å²) in [6.45, 7) is 15.3. The zero-order valence-electron chi connectivity index (χ0n) is 22.5. The summed E-state index contributed by atoms with van der Waals surface area (Å²) in [5.41, 5.74) is 6.11. The second kappa shape index (κ2) is 14.4. The van der Waals surface area contributed by atoms with Crippen LogP contribution in [0, 0.1) is 12.7 Å². The molecular weight excluding hydrogens is 457 g/mol. The number of likely N-dealkylation sites (tertiary alicyclic amines) is 1. The number of aryl methyl sites for hydroxylation is 1. The van der Waals surface area contributed by atoms with Crippen LogP contribution < -0.4 is 10.2 Å². The fraction of sp³-hybridized carbons (Fsp3) is 0.333. The van der Waals surface area contributed by atoms with E-state index in [2.05, 4.69) is 97.4 Å². The smallest absolute Gasteiger partial charge is 0.123 e. The molecule has 37 heavy (non-hydrogen) atoms. The summed E-state index contributed by atoms with van der Waals surface area (Å²) in [7, 11) is 2.21. The van der Waals surface area contributed by atoms with Crippen molar-refractivity contribution >= 4 is 11.4 Å². The van der Waals surface area contributed by atoms with E-state index in [9.17, 15) is 4.39 Å². The molecule has 3 aromatic rings. The molecule has 3 aromatic carbocycles. The first kappa shape index (κ1) is 28.2. The Hall–Kier alpha value is -3.37. The maximum atomic E-state index is 13.5. The van der Waals surface area contributed by atoms with Crippen molar-refractivity contribution in [3.05, 3.63) is 121 Å². The van der Waals surface area contributed by atoms with Crippen molar-refractivity contribution in [2.24, 2.45) is 0 Å². The van der Waals surface area contributed by atoms with E-state index in [1.165, 1.54) is 22.4 Å². The molecule has 196 valence electrons. The van der Waals surface area contributed by atoms with E-state index in [-0.39, 0.29) is 5.82 Å². The number of benzene rings is 3. The van der Waals surface area contributed by atoms with Gasteiger partial charge in [0.25, 0.3) is 0 Å². The van der Waals surface area contributed by atoms with Gasteiger partial charge in [-0.25, -0.2) is 4.39 Å². The van der Waals surface area contributed by atoms with Crippen molar-refractivity contribution in [1.82, 2.24) is 4.90 Å². The Balaban J connectivity index is 0.00000186. The van der Waals surface area contributed by atoms with Gasteiger partial charge < -0.3 is 15.1 Å². The third kappa shape index (κ3) is 7.80. The molecule has 3 nitrogen and oxygen atoms in total. The Bertz CT molecular complexity index is 1040. The molecular formula is C33H42FN3. The summed E-state index contributed by atoms with van der Waals surface area (Å²) >= 11 is 0. The van der Waals surface area contributed by atoms with Gasteiger partial charge in [0.15, 0.2) is 0 Å². The minimum Gasteiger partial charge on any atom is -0.370 e. The first-order chi connectivity index (χ1) is 18.0. The van der Waals surface area contributed by atoms with E-state index in [0.29, 0.717) is 12.0 Å². The van der Waals surface area contributed by atoms with Crippen LogP contribution >= 0.6 is 0 Å². The van der Waals surface area contributed by atoms with Crippen molar-refractivity contribution in [3.63, 3.8) is 0 Å². The zero-order chi connectivity index (χ0) is 26.6. The van der Waals surface area contributed by atoms with Gasteiger partial charge >= 0.3 is 0 Å². The van der Waals surface area contributed by atoms with Crippen LogP contribution in [0.4, 0.5) is 15.8 Å². The highest BCUT2D eigenvalue weighted by atomic mass is 19.1. The standard InChI is InChI=1S/C31H38FN3.C2H4/c1-4-33-30-9-5-6-10-31(30)34(3)28-19-22-35(23-20-28)21-7-8-29(25-13-11-24(2)12-14-25)26-15-17-27(32)18-16-26;1-2/h4-6,9-18,28-29,33H,1,7-8,19-23H2,2-3H3;1-2H2. The van der Waals surface area contributed by atoms with Gasteiger partial charge in [0.2, 0.25) is 0 Å². The highest BCUT2D eigenvalue weighted by Crippen LogP contribution is 2.31. The lowest BCUT2D eigenvalue weighted by Gasteiger charge is -2.38. The summed E-state index contributed by atoms with van der Waals surface area (Å²) in [6, 6.07) is 24.8. The Kier molecular flexibility index (Phi) is 11.0. The molecule has 0 amide bonds. The Morgan fingerprint density at radius 1 is 0.973 bits per heavy atom. The number of hydrogen-bond donors (Lipinski definition) is 1. The van der Waals surface area contributed by atoms with E-state index in [0.717, 1.165) is 51.0 Å². The SMILES string of the molecule is C=C.C=CNc1ccccc1N(C)C1CCN(CCCC(c2ccc(C)cc2)c2ccc(F)cc2)CC1. The van der Waals surface area contributed by atoms with Crippen LogP contribution in [0.25, 0.3) is 0 Å². The molecule has 0 bridgehead atoms. The number of nitrogens with zero attached hydrogens (tertiary/aromatic N) is 2. The average molecular weight is 500 g/mol. The van der Waals surface area contributed by atoms with Crippen molar-refractivity contribution < 1.29 is 4.39 Å². The fourth-order valence-electron chi connectivity index (χ4n) is 5.28. The van der Waals surface area contributed by atoms with E-state index >= 15 is 0 Å². The third-order valence-corrected chi connectivity index (χ3v) is 7.37. The van der Waals surface area contributed by atoms with Crippen LogP contribution in [0.1, 0.15) is 48.3 Å². The van der Waals surface area contributed by atoms with Gasteiger partial charge in [0.1, 0.15) is 5.82 Å². The second-order valence-electron chi connectivity index (χ2n) is 9.71. The van der Waals surface area contributed by atoms with Crippen molar-refractivity contribution in [1.29, 1.82) is 0 Å². The maximum absolute atomic E-state index is 13.5. The topological polar surface area (TPSA) is 18.5 Å². The molecule has 0 spiro atoms. The normalized spacial score (nSPS) is 14.8. The summed E-state index contributed by atoms with van der Waals surface area (Å²) in [6.07, 6.45) is 6.26. The molecule has 1 heterocycles. The number of anilines is 2. The lowest BCUT2D eigenvalue weighted by Crippen LogP contribution is -2.43. The van der Waals surface area contributed by atoms with Gasteiger partial charge in [-0.2, -0.15) is 0 Å². The Labute approximate surface area is 223 Å². The molecule has 1 fully saturated rings. The summed E-state index contributed by atoms with van der Waals surface area (Å²) < 4.78 is 13.5. The summed E-state index contributed by atoms with van der Waals surface area (Å²) in [4.78, 5) is 5.03. The van der Waals surface area contributed by atoms with E-state index in [1.54, 1.807) is 18.3 Å². The monoisotopic (exact) mass is 499 g/mol. The van der Waals surface area contributed by atoms with Crippen molar-refractivity contribution in [3.8, 4) is 0 Å². The minimum atomic E-state index is -0.174. The second-order valence-corrected chi connectivity index (χ2v) is 9.71. The number of rotatable bonds is 10. The summed E-state index contributed by atoms with van der Waals surface area (Å²) in [5.74, 6) is 0.126. The fourth-order valence-corrected chi connectivity index (χ4v) is 5.28. The number of piperidine rings is 1. The van der Waals surface area contributed by atoms with E-state index < -0.39 is 0 Å². The molecule has 0 saturated carbocycles. The molecule has 1 atom stereocenters. The summed E-state index contributed by atoms with van der Waals surface area (Å²) in [5, 5.41) is 3.27. The highest BCUT2D eigenvalue weighted by molar-refractivity contribution is 5.70. The first-order valence-electron chi connectivity index (χ1n) is 13.3. The predicted octanol–water partition coefficient (Wildman–Crippen LogP) is 8.00. The third-order valence-electron chi connectivity index (χ3n) is 7.37. The molecule has 1 unspecified atom stereocenters. The molecule has 1 aliphatic heterocycles. The quantitative estimate of drug-likeness (QED) is 0.285. The molecule has 0 radical (unpaired) electrons. The number of para-hydroxylation sites is 2. The van der Waals surface area contributed by atoms with Gasteiger partial charge in [-0.1, -0.05) is 60.7 Å². The molecule has 1 N–H and O–H groups in total. The lowest BCUT2D eigenvalue weighted by atomic mass is 9.87. The zero-order valence-corrected chi connectivity index (χ0v) is 22.5.